The van der Waals surface area contributed by atoms with E-state index in [9.17, 15) is 9.59 Å². The van der Waals surface area contributed by atoms with Crippen LogP contribution >= 0.6 is 0 Å². The average Bonchev–Trinajstić information content (AvgIpc) is 2.60. The Morgan fingerprint density at radius 2 is 2.06 bits per heavy atom. The maximum atomic E-state index is 12.1. The molecule has 1 amide bonds. The van der Waals surface area contributed by atoms with E-state index >= 15 is 0 Å². The fraction of sp³-hybridized carbons (Fsp3) is 0.833. The molecule has 0 bridgehead atoms. The van der Waals surface area contributed by atoms with E-state index in [0.717, 1.165) is 12.8 Å². The molecule has 4 heteroatoms. The Morgan fingerprint density at radius 1 is 1.44 bits per heavy atom. The summed E-state index contributed by atoms with van der Waals surface area (Å²) in [5.41, 5.74) is -0.797. The summed E-state index contributed by atoms with van der Waals surface area (Å²) in [6.45, 7) is 4.33. The normalized spacial score (nSPS) is 41.8. The van der Waals surface area contributed by atoms with Gasteiger partial charge in [0.05, 0.1) is 12.0 Å². The summed E-state index contributed by atoms with van der Waals surface area (Å²) >= 11 is 0. The van der Waals surface area contributed by atoms with E-state index in [1.165, 1.54) is 0 Å². The van der Waals surface area contributed by atoms with Crippen molar-refractivity contribution in [1.29, 1.82) is 0 Å². The van der Waals surface area contributed by atoms with Gasteiger partial charge in [0.15, 0.2) is 0 Å². The monoisotopic (exact) mass is 225 g/mol. The van der Waals surface area contributed by atoms with Gasteiger partial charge in [0.25, 0.3) is 0 Å². The highest BCUT2D eigenvalue weighted by Crippen LogP contribution is 2.60. The summed E-state index contributed by atoms with van der Waals surface area (Å²) < 4.78 is 5.18. The molecule has 4 nitrogen and oxygen atoms in total. The highest BCUT2D eigenvalue weighted by molar-refractivity contribution is 5.86. The number of hydrogen-bond donors (Lipinski definition) is 0. The van der Waals surface area contributed by atoms with Gasteiger partial charge >= 0.3 is 5.97 Å². The second-order valence-corrected chi connectivity index (χ2v) is 5.65. The fourth-order valence-corrected chi connectivity index (χ4v) is 3.10. The van der Waals surface area contributed by atoms with Crippen LogP contribution in [-0.2, 0) is 14.3 Å². The van der Waals surface area contributed by atoms with Gasteiger partial charge < -0.3 is 9.64 Å². The van der Waals surface area contributed by atoms with Crippen LogP contribution in [0.2, 0.25) is 0 Å². The quantitative estimate of drug-likeness (QED) is 0.627. The summed E-state index contributed by atoms with van der Waals surface area (Å²) in [5, 5.41) is 0. The minimum Gasteiger partial charge on any atom is -0.465 e. The number of fused-ring (bicyclic) bond motifs is 1. The molecule has 2 rings (SSSR count). The lowest BCUT2D eigenvalue weighted by molar-refractivity contribution is -0.146. The summed E-state index contributed by atoms with van der Waals surface area (Å²) in [7, 11) is 3.53. The molecular formula is C12H19NO3. The number of nitrogens with zero attached hydrogens (tertiary/aromatic N) is 1. The van der Waals surface area contributed by atoms with Gasteiger partial charge in [-0.2, -0.15) is 0 Å². The predicted molar refractivity (Wildman–Crippen MR) is 58.6 cm³/mol. The van der Waals surface area contributed by atoms with Crippen LogP contribution in [0.3, 0.4) is 0 Å². The van der Waals surface area contributed by atoms with Crippen molar-refractivity contribution in [3.63, 3.8) is 0 Å². The van der Waals surface area contributed by atoms with Crippen molar-refractivity contribution in [1.82, 2.24) is 4.90 Å². The third kappa shape index (κ3) is 1.16. The van der Waals surface area contributed by atoms with E-state index in [-0.39, 0.29) is 23.2 Å². The van der Waals surface area contributed by atoms with Crippen molar-refractivity contribution in [2.24, 2.45) is 16.7 Å². The van der Waals surface area contributed by atoms with Gasteiger partial charge in [-0.3, -0.25) is 9.59 Å². The fourth-order valence-electron chi connectivity index (χ4n) is 3.10. The molecule has 90 valence electrons. The summed E-state index contributed by atoms with van der Waals surface area (Å²) in [5.74, 6) is -0.104. The van der Waals surface area contributed by atoms with E-state index in [0.29, 0.717) is 6.61 Å². The maximum Gasteiger partial charge on any atom is 0.312 e. The summed E-state index contributed by atoms with van der Waals surface area (Å²) in [6, 6.07) is 0. The molecule has 0 N–H and O–H groups in total. The predicted octanol–water partition coefficient (Wildman–Crippen LogP) is 1.05. The second kappa shape index (κ2) is 3.22. The molecule has 0 radical (unpaired) electrons. The van der Waals surface area contributed by atoms with Gasteiger partial charge in [0.1, 0.15) is 0 Å². The molecule has 1 saturated carbocycles. The lowest BCUT2D eigenvalue weighted by atomic mass is 9.66. The van der Waals surface area contributed by atoms with Crippen molar-refractivity contribution in [3.8, 4) is 0 Å². The van der Waals surface area contributed by atoms with Gasteiger partial charge in [-0.25, -0.2) is 0 Å². The molecule has 2 fully saturated rings. The van der Waals surface area contributed by atoms with Crippen LogP contribution in [0.1, 0.15) is 26.7 Å². The Balaban J connectivity index is 2.34. The molecule has 0 aromatic carbocycles. The zero-order valence-corrected chi connectivity index (χ0v) is 10.4. The molecule has 0 aromatic rings. The van der Waals surface area contributed by atoms with Crippen molar-refractivity contribution >= 4 is 11.9 Å². The Bertz CT molecular complexity index is 352. The SMILES string of the molecule is CN(C)C(=O)[C@H]1CC[C@@]2(C)C(=O)OC[C@]12C. The largest absolute Gasteiger partial charge is 0.465 e. The Kier molecular flexibility index (Phi) is 2.30. The van der Waals surface area contributed by atoms with Crippen molar-refractivity contribution < 1.29 is 14.3 Å². The molecule has 0 aromatic heterocycles. The molecule has 2 aliphatic rings. The first kappa shape index (κ1) is 11.4. The van der Waals surface area contributed by atoms with Crippen LogP contribution in [0.15, 0.2) is 0 Å². The van der Waals surface area contributed by atoms with Crippen molar-refractivity contribution in [3.05, 3.63) is 0 Å². The minimum atomic E-state index is -0.469. The van der Waals surface area contributed by atoms with Gasteiger partial charge in [-0.05, 0) is 19.8 Å². The van der Waals surface area contributed by atoms with Crippen LogP contribution in [0.25, 0.3) is 0 Å². The first-order valence-corrected chi connectivity index (χ1v) is 5.71. The zero-order valence-electron chi connectivity index (χ0n) is 10.4. The molecule has 3 atom stereocenters. The number of carbonyl (C=O) groups excluding carboxylic acids is 2. The van der Waals surface area contributed by atoms with E-state index in [1.807, 2.05) is 13.8 Å². The topological polar surface area (TPSA) is 46.6 Å². The van der Waals surface area contributed by atoms with Crippen LogP contribution in [0.4, 0.5) is 0 Å². The second-order valence-electron chi connectivity index (χ2n) is 5.65. The standard InChI is InChI=1S/C12H19NO3/c1-11-6-5-8(9(14)13(3)4)12(11,2)7-16-10(11)15/h8H,5-7H2,1-4H3/t8-,11+,12-/m1/s1. The van der Waals surface area contributed by atoms with E-state index in [1.54, 1.807) is 19.0 Å². The lowest BCUT2D eigenvalue weighted by Gasteiger charge is -2.34. The lowest BCUT2D eigenvalue weighted by Crippen LogP contribution is -2.43. The number of ether oxygens (including phenoxy) is 1. The molecule has 0 spiro atoms. The third-order valence-corrected chi connectivity index (χ3v) is 4.66. The molecular weight excluding hydrogens is 206 g/mol. The molecule has 1 saturated heterocycles. The van der Waals surface area contributed by atoms with E-state index in [2.05, 4.69) is 0 Å². The van der Waals surface area contributed by atoms with E-state index in [4.69, 9.17) is 4.74 Å². The number of rotatable bonds is 1. The molecule has 0 unspecified atom stereocenters. The molecule has 1 heterocycles. The zero-order chi connectivity index (χ0) is 12.1. The minimum absolute atomic E-state index is 0.0843. The number of cyclic esters (lactones) is 1. The number of esters is 1. The van der Waals surface area contributed by atoms with Crippen molar-refractivity contribution in [2.75, 3.05) is 20.7 Å². The average molecular weight is 225 g/mol. The van der Waals surface area contributed by atoms with Gasteiger partial charge in [-0.1, -0.05) is 6.92 Å². The van der Waals surface area contributed by atoms with Crippen LogP contribution in [0.5, 0.6) is 0 Å². The van der Waals surface area contributed by atoms with Crippen molar-refractivity contribution in [2.45, 2.75) is 26.7 Å². The van der Waals surface area contributed by atoms with Gasteiger partial charge in [-0.15, -0.1) is 0 Å². The number of hydrogen-bond acceptors (Lipinski definition) is 3. The highest BCUT2D eigenvalue weighted by atomic mass is 16.5. The van der Waals surface area contributed by atoms with Gasteiger partial charge in [0, 0.05) is 25.4 Å². The van der Waals surface area contributed by atoms with Gasteiger partial charge in [0.2, 0.25) is 5.91 Å². The Hall–Kier alpha value is -1.06. The van der Waals surface area contributed by atoms with E-state index < -0.39 is 5.41 Å². The molecule has 16 heavy (non-hydrogen) atoms. The Morgan fingerprint density at radius 3 is 2.62 bits per heavy atom. The first-order chi connectivity index (χ1) is 7.33. The third-order valence-electron chi connectivity index (χ3n) is 4.66. The number of carbonyl (C=O) groups is 2. The number of amides is 1. The summed E-state index contributed by atoms with van der Waals surface area (Å²) in [4.78, 5) is 25.5. The van der Waals surface area contributed by atoms with Crippen LogP contribution < -0.4 is 0 Å². The molecule has 1 aliphatic carbocycles. The first-order valence-electron chi connectivity index (χ1n) is 5.71. The highest BCUT2D eigenvalue weighted by Gasteiger charge is 2.65. The molecule has 1 aliphatic heterocycles. The Labute approximate surface area is 95.9 Å². The van der Waals surface area contributed by atoms with Crippen LogP contribution in [0, 0.1) is 16.7 Å². The summed E-state index contributed by atoms with van der Waals surface area (Å²) in [6.07, 6.45) is 1.55. The maximum absolute atomic E-state index is 12.1. The van der Waals surface area contributed by atoms with Crippen LogP contribution in [-0.4, -0.2) is 37.5 Å². The smallest absolute Gasteiger partial charge is 0.312 e.